The molecule has 0 N–H and O–H groups in total. The molecule has 1 fully saturated rings. The van der Waals surface area contributed by atoms with E-state index in [0.717, 1.165) is 67.6 Å². The highest BCUT2D eigenvalue weighted by atomic mass is 15.3. The predicted molar refractivity (Wildman–Crippen MR) is 105 cm³/mol. The molecular weight excluding hydrogens is 338 g/mol. The molecule has 0 saturated carbocycles. The fraction of sp³-hybridized carbons (Fsp3) is 0.450. The number of nitrogens with zero attached hydrogens (tertiary/aromatic N) is 7. The summed E-state index contributed by atoms with van der Waals surface area (Å²) in [6.07, 6.45) is 8.42. The van der Waals surface area contributed by atoms with Gasteiger partial charge < -0.3 is 9.47 Å². The van der Waals surface area contributed by atoms with Crippen LogP contribution in [0.4, 0.5) is 5.82 Å². The van der Waals surface area contributed by atoms with Gasteiger partial charge in [0.15, 0.2) is 5.82 Å². The number of hydrogen-bond acceptors (Lipinski definition) is 6. The van der Waals surface area contributed by atoms with Gasteiger partial charge in [-0.1, -0.05) is 6.92 Å². The Labute approximate surface area is 159 Å². The van der Waals surface area contributed by atoms with Crippen LogP contribution >= 0.6 is 0 Å². The number of rotatable bonds is 5. The van der Waals surface area contributed by atoms with Crippen molar-refractivity contribution in [2.75, 3.05) is 18.0 Å². The topological polar surface area (TPSA) is 72.6 Å². The summed E-state index contributed by atoms with van der Waals surface area (Å²) >= 11 is 0. The van der Waals surface area contributed by atoms with E-state index < -0.39 is 0 Å². The molecule has 3 aromatic rings. The summed E-state index contributed by atoms with van der Waals surface area (Å²) in [6.45, 7) is 7.13. The van der Waals surface area contributed by atoms with Gasteiger partial charge >= 0.3 is 0 Å². The Morgan fingerprint density at radius 3 is 2.56 bits per heavy atom. The first kappa shape index (κ1) is 17.6. The second-order valence-electron chi connectivity index (χ2n) is 6.87. The molecule has 7 nitrogen and oxygen atoms in total. The molecule has 0 amide bonds. The van der Waals surface area contributed by atoms with Gasteiger partial charge in [-0.2, -0.15) is 0 Å². The van der Waals surface area contributed by atoms with E-state index in [1.165, 1.54) is 0 Å². The minimum Gasteiger partial charge on any atom is -0.356 e. The summed E-state index contributed by atoms with van der Waals surface area (Å²) in [7, 11) is 0. The molecule has 1 aliphatic rings. The van der Waals surface area contributed by atoms with Crippen LogP contribution in [0.3, 0.4) is 0 Å². The molecule has 1 saturated heterocycles. The van der Waals surface area contributed by atoms with E-state index >= 15 is 0 Å². The molecule has 0 aliphatic carbocycles. The Morgan fingerprint density at radius 1 is 1.07 bits per heavy atom. The van der Waals surface area contributed by atoms with Gasteiger partial charge in [0.25, 0.3) is 0 Å². The van der Waals surface area contributed by atoms with Gasteiger partial charge in [-0.3, -0.25) is 4.98 Å². The Hall–Kier alpha value is -2.83. The molecule has 1 aliphatic heterocycles. The standard InChI is InChI=1S/C20H25N7/c1-3-17-13-18(24-19(23-17)15-5-9-21-10-6-15)27-11-7-16(8-12-27)20-25-22-14-26(20)4-2/h5-6,9-10,13-14,16H,3-4,7-8,11-12H2,1-2H3. The summed E-state index contributed by atoms with van der Waals surface area (Å²) in [5.74, 6) is 3.38. The molecule has 0 atom stereocenters. The number of aromatic nitrogens is 6. The van der Waals surface area contributed by atoms with E-state index in [9.17, 15) is 0 Å². The van der Waals surface area contributed by atoms with E-state index in [1.807, 2.05) is 18.5 Å². The van der Waals surface area contributed by atoms with E-state index in [0.29, 0.717) is 5.92 Å². The van der Waals surface area contributed by atoms with Crippen molar-refractivity contribution < 1.29 is 0 Å². The first-order valence-corrected chi connectivity index (χ1v) is 9.69. The second-order valence-corrected chi connectivity index (χ2v) is 6.87. The van der Waals surface area contributed by atoms with E-state index in [-0.39, 0.29) is 0 Å². The number of hydrogen-bond donors (Lipinski definition) is 0. The lowest BCUT2D eigenvalue weighted by Crippen LogP contribution is -2.34. The van der Waals surface area contributed by atoms with Gasteiger partial charge in [0.05, 0.1) is 0 Å². The van der Waals surface area contributed by atoms with Crippen LogP contribution in [0, 0.1) is 0 Å². The zero-order valence-corrected chi connectivity index (χ0v) is 15.9. The molecule has 27 heavy (non-hydrogen) atoms. The molecule has 0 bridgehead atoms. The highest BCUT2D eigenvalue weighted by Crippen LogP contribution is 2.29. The Kier molecular flexibility index (Phi) is 5.09. The van der Waals surface area contributed by atoms with Crippen LogP contribution < -0.4 is 4.90 Å². The van der Waals surface area contributed by atoms with Crippen molar-refractivity contribution in [2.24, 2.45) is 0 Å². The molecule has 0 spiro atoms. The van der Waals surface area contributed by atoms with Crippen molar-refractivity contribution in [1.29, 1.82) is 0 Å². The Balaban J connectivity index is 1.54. The van der Waals surface area contributed by atoms with E-state index in [4.69, 9.17) is 9.97 Å². The molecule has 0 unspecified atom stereocenters. The van der Waals surface area contributed by atoms with Crippen molar-refractivity contribution in [1.82, 2.24) is 29.7 Å². The van der Waals surface area contributed by atoms with Crippen LogP contribution in [0.2, 0.25) is 0 Å². The number of piperidine rings is 1. The minimum atomic E-state index is 0.468. The molecular formula is C20H25N7. The quantitative estimate of drug-likeness (QED) is 0.694. The summed E-state index contributed by atoms with van der Waals surface area (Å²) in [5, 5.41) is 8.44. The SMILES string of the molecule is CCc1cc(N2CCC(c3nncn3CC)CC2)nc(-c2ccncc2)n1. The van der Waals surface area contributed by atoms with Gasteiger partial charge in [-0.25, -0.2) is 9.97 Å². The van der Waals surface area contributed by atoms with Crippen molar-refractivity contribution >= 4 is 5.82 Å². The average molecular weight is 363 g/mol. The van der Waals surface area contributed by atoms with Gasteiger partial charge in [0, 0.05) is 55.3 Å². The summed E-state index contributed by atoms with van der Waals surface area (Å²) in [6, 6.07) is 6.05. The lowest BCUT2D eigenvalue weighted by molar-refractivity contribution is 0.465. The van der Waals surface area contributed by atoms with Crippen molar-refractivity contribution in [2.45, 2.75) is 45.6 Å². The maximum atomic E-state index is 4.85. The third-order valence-corrected chi connectivity index (χ3v) is 5.24. The van der Waals surface area contributed by atoms with Crippen LogP contribution in [-0.4, -0.2) is 42.8 Å². The molecule has 4 heterocycles. The molecule has 3 aromatic heterocycles. The van der Waals surface area contributed by atoms with Gasteiger partial charge in [-0.15, -0.1) is 10.2 Å². The first-order valence-electron chi connectivity index (χ1n) is 9.69. The smallest absolute Gasteiger partial charge is 0.161 e. The maximum absolute atomic E-state index is 4.85. The molecule has 0 radical (unpaired) electrons. The van der Waals surface area contributed by atoms with Crippen LogP contribution in [0.5, 0.6) is 0 Å². The van der Waals surface area contributed by atoms with Gasteiger partial charge in [-0.05, 0) is 38.3 Å². The zero-order chi connectivity index (χ0) is 18.6. The zero-order valence-electron chi connectivity index (χ0n) is 15.9. The minimum absolute atomic E-state index is 0.468. The highest BCUT2D eigenvalue weighted by molar-refractivity contribution is 5.57. The summed E-state index contributed by atoms with van der Waals surface area (Å²) in [4.78, 5) is 16.0. The predicted octanol–water partition coefficient (Wildman–Crippen LogP) is 3.10. The second kappa shape index (κ2) is 7.82. The lowest BCUT2D eigenvalue weighted by atomic mass is 9.96. The fourth-order valence-corrected chi connectivity index (χ4v) is 3.65. The number of pyridine rings is 1. The van der Waals surface area contributed by atoms with E-state index in [1.54, 1.807) is 12.4 Å². The fourth-order valence-electron chi connectivity index (χ4n) is 3.65. The third kappa shape index (κ3) is 3.67. The molecule has 0 aromatic carbocycles. The van der Waals surface area contributed by atoms with Crippen LogP contribution in [0.1, 0.15) is 44.1 Å². The highest BCUT2D eigenvalue weighted by Gasteiger charge is 2.25. The maximum Gasteiger partial charge on any atom is 0.161 e. The molecule has 7 heteroatoms. The number of anilines is 1. The largest absolute Gasteiger partial charge is 0.356 e. The van der Waals surface area contributed by atoms with Crippen LogP contribution in [0.25, 0.3) is 11.4 Å². The summed E-state index contributed by atoms with van der Waals surface area (Å²) in [5.41, 5.74) is 2.08. The Morgan fingerprint density at radius 2 is 1.85 bits per heavy atom. The van der Waals surface area contributed by atoms with Crippen molar-refractivity contribution in [3.05, 3.63) is 48.4 Å². The molecule has 4 rings (SSSR count). The van der Waals surface area contributed by atoms with Crippen LogP contribution in [-0.2, 0) is 13.0 Å². The van der Waals surface area contributed by atoms with Gasteiger partial charge in [0.2, 0.25) is 0 Å². The first-order chi connectivity index (χ1) is 13.3. The average Bonchev–Trinajstić information content (AvgIpc) is 3.23. The number of aryl methyl sites for hydroxylation is 2. The Bertz CT molecular complexity index is 882. The van der Waals surface area contributed by atoms with Crippen molar-refractivity contribution in [3.8, 4) is 11.4 Å². The van der Waals surface area contributed by atoms with E-state index in [2.05, 4.69) is 44.6 Å². The lowest BCUT2D eigenvalue weighted by Gasteiger charge is -2.32. The summed E-state index contributed by atoms with van der Waals surface area (Å²) < 4.78 is 2.15. The van der Waals surface area contributed by atoms with Crippen LogP contribution in [0.15, 0.2) is 36.9 Å². The normalized spacial score (nSPS) is 15.3. The third-order valence-electron chi connectivity index (χ3n) is 5.24. The monoisotopic (exact) mass is 363 g/mol. The van der Waals surface area contributed by atoms with Crippen molar-refractivity contribution in [3.63, 3.8) is 0 Å². The molecule has 140 valence electrons. The van der Waals surface area contributed by atoms with Gasteiger partial charge in [0.1, 0.15) is 18.0 Å².